The highest BCUT2D eigenvalue weighted by Crippen LogP contribution is 2.25. The van der Waals surface area contributed by atoms with Gasteiger partial charge in [-0.15, -0.1) is 0 Å². The van der Waals surface area contributed by atoms with E-state index in [-0.39, 0.29) is 16.8 Å². The third-order valence-electron chi connectivity index (χ3n) is 6.05. The van der Waals surface area contributed by atoms with Crippen LogP contribution in [0.3, 0.4) is 0 Å². The Hall–Kier alpha value is -3.10. The van der Waals surface area contributed by atoms with Crippen LogP contribution in [0.25, 0.3) is 0 Å². The van der Waals surface area contributed by atoms with Gasteiger partial charge < -0.3 is 9.73 Å². The molecule has 0 bridgehead atoms. The topological polar surface area (TPSA) is 82.9 Å². The summed E-state index contributed by atoms with van der Waals surface area (Å²) in [5, 5.41) is 2.99. The summed E-state index contributed by atoms with van der Waals surface area (Å²) in [5.41, 5.74) is 0.981. The van der Waals surface area contributed by atoms with Crippen molar-refractivity contribution in [3.8, 4) is 0 Å². The first kappa shape index (κ1) is 23.1. The van der Waals surface area contributed by atoms with Crippen LogP contribution in [0.5, 0.6) is 0 Å². The van der Waals surface area contributed by atoms with Crippen LogP contribution >= 0.6 is 0 Å². The molecule has 8 heteroatoms. The van der Waals surface area contributed by atoms with Crippen molar-refractivity contribution in [3.63, 3.8) is 0 Å². The molecule has 1 fully saturated rings. The van der Waals surface area contributed by atoms with Gasteiger partial charge in [-0.3, -0.25) is 14.0 Å². The minimum absolute atomic E-state index is 0.0246. The number of para-hydroxylation sites is 1. The lowest BCUT2D eigenvalue weighted by molar-refractivity contribution is 0.0914. The van der Waals surface area contributed by atoms with Gasteiger partial charge in [0.15, 0.2) is 0 Å². The molecule has 2 aromatic carbocycles. The molecule has 0 spiro atoms. The standard InChI is InChI=1S/C25H29N3O4S/c1-27(21-9-4-2-5-10-21)33(30,31)22-14-12-20(13-15-22)25(29)26-19-23(24-11-8-18-32-24)28-16-6-3-7-17-28/h2,4-5,8-15,18,23H,3,6-7,16-17,19H2,1H3,(H,26,29)/t23-/m0/s1. The number of likely N-dealkylation sites (tertiary alicyclic amines) is 1. The van der Waals surface area contributed by atoms with Gasteiger partial charge in [0, 0.05) is 19.2 Å². The molecule has 0 radical (unpaired) electrons. The maximum atomic E-state index is 12.9. The van der Waals surface area contributed by atoms with Crippen molar-refractivity contribution in [2.24, 2.45) is 0 Å². The molecule has 174 valence electrons. The highest BCUT2D eigenvalue weighted by atomic mass is 32.2. The number of nitrogens with zero attached hydrogens (tertiary/aromatic N) is 2. The van der Waals surface area contributed by atoms with E-state index in [2.05, 4.69) is 10.2 Å². The molecule has 3 aromatic rings. The quantitative estimate of drug-likeness (QED) is 0.540. The van der Waals surface area contributed by atoms with Gasteiger partial charge in [-0.2, -0.15) is 0 Å². The molecule has 1 aliphatic heterocycles. The highest BCUT2D eigenvalue weighted by Gasteiger charge is 2.25. The van der Waals surface area contributed by atoms with Crippen molar-refractivity contribution in [3.05, 3.63) is 84.3 Å². The van der Waals surface area contributed by atoms with Crippen molar-refractivity contribution in [2.45, 2.75) is 30.2 Å². The smallest absolute Gasteiger partial charge is 0.264 e. The van der Waals surface area contributed by atoms with Gasteiger partial charge in [0.05, 0.1) is 22.9 Å². The molecule has 0 saturated carbocycles. The minimum atomic E-state index is -3.72. The first-order chi connectivity index (χ1) is 16.0. The Kier molecular flexibility index (Phi) is 7.15. The van der Waals surface area contributed by atoms with Crippen molar-refractivity contribution < 1.29 is 17.6 Å². The van der Waals surface area contributed by atoms with E-state index in [9.17, 15) is 13.2 Å². The number of benzene rings is 2. The molecule has 2 heterocycles. The molecule has 0 unspecified atom stereocenters. The number of piperidine rings is 1. The van der Waals surface area contributed by atoms with Crippen molar-refractivity contribution in [1.82, 2.24) is 10.2 Å². The predicted molar refractivity (Wildman–Crippen MR) is 128 cm³/mol. The van der Waals surface area contributed by atoms with Gasteiger partial charge in [-0.1, -0.05) is 24.6 Å². The third kappa shape index (κ3) is 5.29. The molecule has 1 N–H and O–H groups in total. The van der Waals surface area contributed by atoms with Crippen LogP contribution in [0.4, 0.5) is 5.69 Å². The number of hydrogen-bond donors (Lipinski definition) is 1. The number of anilines is 1. The Morgan fingerprint density at radius 2 is 1.70 bits per heavy atom. The summed E-state index contributed by atoms with van der Waals surface area (Å²) >= 11 is 0. The average molecular weight is 468 g/mol. The normalized spacial score (nSPS) is 15.7. The van der Waals surface area contributed by atoms with Crippen molar-refractivity contribution in [2.75, 3.05) is 31.0 Å². The van der Waals surface area contributed by atoms with Crippen molar-refractivity contribution >= 4 is 21.6 Å². The Labute approximate surface area is 195 Å². The second-order valence-corrected chi connectivity index (χ2v) is 10.1. The van der Waals surface area contributed by atoms with Gasteiger partial charge in [-0.05, 0) is 74.5 Å². The lowest BCUT2D eigenvalue weighted by atomic mass is 10.1. The predicted octanol–water partition coefficient (Wildman–Crippen LogP) is 4.06. The second-order valence-electron chi connectivity index (χ2n) is 8.17. The largest absolute Gasteiger partial charge is 0.468 e. The number of sulfonamides is 1. The molecular weight excluding hydrogens is 438 g/mol. The Bertz CT molecular complexity index is 1140. The molecule has 1 atom stereocenters. The number of rotatable bonds is 8. The maximum absolute atomic E-state index is 12.9. The zero-order chi connectivity index (χ0) is 23.3. The van der Waals surface area contributed by atoms with E-state index in [0.29, 0.717) is 17.8 Å². The lowest BCUT2D eigenvalue weighted by Gasteiger charge is -2.33. The summed E-state index contributed by atoms with van der Waals surface area (Å²) in [6.45, 7) is 2.37. The molecular formula is C25H29N3O4S. The molecule has 0 aliphatic carbocycles. The summed E-state index contributed by atoms with van der Waals surface area (Å²) in [4.78, 5) is 15.3. The summed E-state index contributed by atoms with van der Waals surface area (Å²) in [6.07, 6.45) is 5.15. The van der Waals surface area contributed by atoms with Crippen LogP contribution in [-0.4, -0.2) is 45.9 Å². The molecule has 1 amide bonds. The molecule has 1 aromatic heterocycles. The number of nitrogens with one attached hydrogen (secondary N) is 1. The van der Waals surface area contributed by atoms with Gasteiger partial charge in [-0.25, -0.2) is 8.42 Å². The average Bonchev–Trinajstić information content (AvgIpc) is 3.39. The van der Waals surface area contributed by atoms with E-state index < -0.39 is 10.0 Å². The number of furan rings is 1. The Morgan fingerprint density at radius 1 is 1.00 bits per heavy atom. The lowest BCUT2D eigenvalue weighted by Crippen LogP contribution is -2.40. The number of hydrogen-bond acceptors (Lipinski definition) is 5. The van der Waals surface area contributed by atoms with Gasteiger partial charge >= 0.3 is 0 Å². The fraction of sp³-hybridized carbons (Fsp3) is 0.320. The Morgan fingerprint density at radius 3 is 2.33 bits per heavy atom. The van der Waals surface area contributed by atoms with E-state index in [1.54, 1.807) is 42.7 Å². The fourth-order valence-corrected chi connectivity index (χ4v) is 5.32. The molecule has 7 nitrogen and oxygen atoms in total. The fourth-order valence-electron chi connectivity index (χ4n) is 4.13. The van der Waals surface area contributed by atoms with Crippen LogP contribution in [0, 0.1) is 0 Å². The minimum Gasteiger partial charge on any atom is -0.468 e. The first-order valence-electron chi connectivity index (χ1n) is 11.2. The highest BCUT2D eigenvalue weighted by molar-refractivity contribution is 7.92. The van der Waals surface area contributed by atoms with E-state index in [0.717, 1.165) is 31.7 Å². The molecule has 1 aliphatic rings. The maximum Gasteiger partial charge on any atom is 0.264 e. The third-order valence-corrected chi connectivity index (χ3v) is 7.85. The van der Waals surface area contributed by atoms with Crippen LogP contribution in [0.1, 0.15) is 41.4 Å². The summed E-state index contributed by atoms with van der Waals surface area (Å²) < 4.78 is 32.8. The molecule has 33 heavy (non-hydrogen) atoms. The Balaban J connectivity index is 1.43. The summed E-state index contributed by atoms with van der Waals surface area (Å²) in [7, 11) is -2.21. The van der Waals surface area contributed by atoms with E-state index in [4.69, 9.17) is 4.42 Å². The molecule has 4 rings (SSSR count). The number of amides is 1. The van der Waals surface area contributed by atoms with Crippen molar-refractivity contribution in [1.29, 1.82) is 0 Å². The molecule has 1 saturated heterocycles. The van der Waals surface area contributed by atoms with E-state index in [1.807, 2.05) is 18.2 Å². The zero-order valence-electron chi connectivity index (χ0n) is 18.7. The van der Waals surface area contributed by atoms with Gasteiger partial charge in [0.1, 0.15) is 5.76 Å². The van der Waals surface area contributed by atoms with Gasteiger partial charge in [0.25, 0.3) is 15.9 Å². The van der Waals surface area contributed by atoms with Crippen LogP contribution in [0.15, 0.2) is 82.3 Å². The number of carbonyl (C=O) groups excluding carboxylic acids is 1. The zero-order valence-corrected chi connectivity index (χ0v) is 19.5. The summed E-state index contributed by atoms with van der Waals surface area (Å²) in [5.74, 6) is 0.589. The SMILES string of the molecule is CN(c1ccccc1)S(=O)(=O)c1ccc(C(=O)NC[C@@H](c2ccco2)N2CCCCC2)cc1. The van der Waals surface area contributed by atoms with Crippen LogP contribution < -0.4 is 9.62 Å². The van der Waals surface area contributed by atoms with E-state index >= 15 is 0 Å². The van der Waals surface area contributed by atoms with Crippen LogP contribution in [0.2, 0.25) is 0 Å². The van der Waals surface area contributed by atoms with E-state index in [1.165, 1.54) is 29.9 Å². The monoisotopic (exact) mass is 467 g/mol. The van der Waals surface area contributed by atoms with Gasteiger partial charge in [0.2, 0.25) is 0 Å². The summed E-state index contributed by atoms with van der Waals surface area (Å²) in [6, 6.07) is 18.7. The van der Waals surface area contributed by atoms with Crippen LogP contribution in [-0.2, 0) is 10.0 Å². The second kappa shape index (κ2) is 10.2. The number of carbonyl (C=O) groups is 1. The first-order valence-corrected chi connectivity index (χ1v) is 12.6.